The van der Waals surface area contributed by atoms with Crippen molar-refractivity contribution < 1.29 is 14.0 Å². The lowest BCUT2D eigenvalue weighted by molar-refractivity contribution is -0.119. The van der Waals surface area contributed by atoms with Crippen LogP contribution < -0.4 is 16.2 Å². The van der Waals surface area contributed by atoms with E-state index in [0.29, 0.717) is 29.1 Å². The third-order valence-corrected chi connectivity index (χ3v) is 4.81. The van der Waals surface area contributed by atoms with Crippen LogP contribution in [0.2, 0.25) is 0 Å². The molecule has 0 radical (unpaired) electrons. The summed E-state index contributed by atoms with van der Waals surface area (Å²) in [5.41, 5.74) is 2.70. The largest absolute Gasteiger partial charge is 0.326 e. The van der Waals surface area contributed by atoms with Crippen LogP contribution in [-0.2, 0) is 9.59 Å². The molecule has 2 N–H and O–H groups in total. The van der Waals surface area contributed by atoms with Crippen molar-refractivity contribution in [1.29, 1.82) is 0 Å². The van der Waals surface area contributed by atoms with Gasteiger partial charge < -0.3 is 10.6 Å². The summed E-state index contributed by atoms with van der Waals surface area (Å²) in [5.74, 6) is -0.980. The number of amides is 2. The number of nitrogens with one attached hydrogen (secondary N) is 2. The minimum absolute atomic E-state index is 0.107. The zero-order valence-corrected chi connectivity index (χ0v) is 17.5. The summed E-state index contributed by atoms with van der Waals surface area (Å²) in [5, 5.41) is 9.85. The van der Waals surface area contributed by atoms with E-state index in [1.165, 1.54) is 30.3 Å². The normalized spacial score (nSPS) is 11.6. The number of carbonyl (C=O) groups excluding carboxylic acids is 2. The molecule has 0 saturated carbocycles. The van der Waals surface area contributed by atoms with Gasteiger partial charge in [-0.25, -0.2) is 9.07 Å². The van der Waals surface area contributed by atoms with Crippen molar-refractivity contribution in [1.82, 2.24) is 9.78 Å². The lowest BCUT2D eigenvalue weighted by Gasteiger charge is -2.15. The summed E-state index contributed by atoms with van der Waals surface area (Å²) in [4.78, 5) is 36.7. The highest BCUT2D eigenvalue weighted by atomic mass is 19.1. The number of halogens is 1. The molecule has 1 heterocycles. The van der Waals surface area contributed by atoms with Gasteiger partial charge in [0.15, 0.2) is 0 Å². The molecular weight excluding hydrogens is 399 g/mol. The number of benzene rings is 2. The second-order valence-corrected chi connectivity index (χ2v) is 7.10. The summed E-state index contributed by atoms with van der Waals surface area (Å²) < 4.78 is 14.2. The van der Waals surface area contributed by atoms with E-state index in [-0.39, 0.29) is 5.91 Å². The molecule has 8 heteroatoms. The van der Waals surface area contributed by atoms with Crippen molar-refractivity contribution in [3.05, 3.63) is 76.3 Å². The van der Waals surface area contributed by atoms with E-state index in [1.54, 1.807) is 26.0 Å². The highest BCUT2D eigenvalue weighted by molar-refractivity contribution is 5.93. The van der Waals surface area contributed by atoms with E-state index in [1.807, 2.05) is 19.1 Å². The standard InChI is InChI=1S/C23H23FN4O3/c1-4-21(29)26-20-13-16(6-5-14(20)2)19-11-12-22(30)28(27-19)15(3)23(31)25-18-9-7-17(24)8-10-18/h5-13,15H,4H2,1-3H3,(H,25,31)(H,26,29)/t15-/m1/s1. The van der Waals surface area contributed by atoms with Crippen LogP contribution in [0.15, 0.2) is 59.4 Å². The molecule has 2 aromatic carbocycles. The van der Waals surface area contributed by atoms with Gasteiger partial charge in [-0.2, -0.15) is 5.10 Å². The maximum absolute atomic E-state index is 13.1. The number of rotatable bonds is 6. The van der Waals surface area contributed by atoms with E-state index in [4.69, 9.17) is 0 Å². The third-order valence-electron chi connectivity index (χ3n) is 4.81. The first-order chi connectivity index (χ1) is 14.8. The van der Waals surface area contributed by atoms with Crippen LogP contribution in [0.4, 0.5) is 15.8 Å². The van der Waals surface area contributed by atoms with Crippen LogP contribution in [0.1, 0.15) is 31.9 Å². The number of hydrogen-bond acceptors (Lipinski definition) is 4. The molecule has 0 spiro atoms. The van der Waals surface area contributed by atoms with E-state index >= 15 is 0 Å². The number of aromatic nitrogens is 2. The van der Waals surface area contributed by atoms with Gasteiger partial charge in [-0.15, -0.1) is 0 Å². The SMILES string of the molecule is CCC(=O)Nc1cc(-c2ccc(=O)n([C@H](C)C(=O)Nc3ccc(F)cc3)n2)ccc1C. The lowest BCUT2D eigenvalue weighted by atomic mass is 10.1. The van der Waals surface area contributed by atoms with Gasteiger partial charge in [0.2, 0.25) is 11.8 Å². The Labute approximate surface area is 178 Å². The van der Waals surface area contributed by atoms with Crippen molar-refractivity contribution in [3.8, 4) is 11.3 Å². The molecule has 1 aromatic heterocycles. The van der Waals surface area contributed by atoms with E-state index in [0.717, 1.165) is 10.2 Å². The van der Waals surface area contributed by atoms with Gasteiger partial charge in [0.1, 0.15) is 11.9 Å². The van der Waals surface area contributed by atoms with Gasteiger partial charge in [-0.1, -0.05) is 19.1 Å². The zero-order chi connectivity index (χ0) is 22.5. The molecule has 31 heavy (non-hydrogen) atoms. The Bertz CT molecular complexity index is 1170. The Morgan fingerprint density at radius 3 is 2.45 bits per heavy atom. The molecule has 0 aliphatic heterocycles. The van der Waals surface area contributed by atoms with Crippen molar-refractivity contribution in [2.24, 2.45) is 0 Å². The van der Waals surface area contributed by atoms with Gasteiger partial charge >= 0.3 is 0 Å². The molecule has 7 nitrogen and oxygen atoms in total. The summed E-state index contributed by atoms with van der Waals surface area (Å²) >= 11 is 0. The minimum Gasteiger partial charge on any atom is -0.326 e. The molecule has 1 atom stereocenters. The highest BCUT2D eigenvalue weighted by Crippen LogP contribution is 2.24. The molecular formula is C23H23FN4O3. The van der Waals surface area contributed by atoms with E-state index in [2.05, 4.69) is 15.7 Å². The fourth-order valence-electron chi connectivity index (χ4n) is 2.90. The Morgan fingerprint density at radius 2 is 1.77 bits per heavy atom. The quantitative estimate of drug-likeness (QED) is 0.630. The average molecular weight is 422 g/mol. The topological polar surface area (TPSA) is 93.1 Å². The summed E-state index contributed by atoms with van der Waals surface area (Å²) in [6.07, 6.45) is 0.355. The Hall–Kier alpha value is -3.81. The van der Waals surface area contributed by atoms with Crippen LogP contribution in [0.3, 0.4) is 0 Å². The van der Waals surface area contributed by atoms with E-state index < -0.39 is 23.3 Å². The molecule has 3 rings (SSSR count). The predicted octanol–water partition coefficient (Wildman–Crippen LogP) is 3.91. The van der Waals surface area contributed by atoms with Crippen molar-refractivity contribution in [2.75, 3.05) is 10.6 Å². The van der Waals surface area contributed by atoms with E-state index in [9.17, 15) is 18.8 Å². The summed E-state index contributed by atoms with van der Waals surface area (Å²) in [6, 6.07) is 12.8. The van der Waals surface area contributed by atoms with Crippen LogP contribution in [0, 0.1) is 12.7 Å². The summed E-state index contributed by atoms with van der Waals surface area (Å²) in [6.45, 7) is 5.20. The molecule has 0 fully saturated rings. The summed E-state index contributed by atoms with van der Waals surface area (Å²) in [7, 11) is 0. The van der Waals surface area contributed by atoms with Crippen LogP contribution in [-0.4, -0.2) is 21.6 Å². The average Bonchev–Trinajstić information content (AvgIpc) is 2.76. The first-order valence-electron chi connectivity index (χ1n) is 9.85. The van der Waals surface area contributed by atoms with Gasteiger partial charge in [0.25, 0.3) is 5.56 Å². The Morgan fingerprint density at radius 1 is 1.06 bits per heavy atom. The van der Waals surface area contributed by atoms with Gasteiger partial charge in [0.05, 0.1) is 5.69 Å². The maximum atomic E-state index is 13.1. The highest BCUT2D eigenvalue weighted by Gasteiger charge is 2.18. The smallest absolute Gasteiger partial charge is 0.267 e. The second kappa shape index (κ2) is 9.34. The Kier molecular flexibility index (Phi) is 6.59. The monoisotopic (exact) mass is 422 g/mol. The third kappa shape index (κ3) is 5.22. The van der Waals surface area contributed by atoms with Gasteiger partial charge in [-0.3, -0.25) is 14.4 Å². The minimum atomic E-state index is -0.901. The fraction of sp³-hybridized carbons (Fsp3) is 0.217. The first kappa shape index (κ1) is 21.9. The van der Waals surface area contributed by atoms with Crippen molar-refractivity contribution in [2.45, 2.75) is 33.2 Å². The van der Waals surface area contributed by atoms with Crippen LogP contribution >= 0.6 is 0 Å². The maximum Gasteiger partial charge on any atom is 0.267 e. The number of aryl methyl sites for hydroxylation is 1. The number of carbonyl (C=O) groups is 2. The zero-order valence-electron chi connectivity index (χ0n) is 17.5. The molecule has 3 aromatic rings. The predicted molar refractivity (Wildman–Crippen MR) is 117 cm³/mol. The number of hydrogen-bond donors (Lipinski definition) is 2. The molecule has 2 amide bonds. The fourth-order valence-corrected chi connectivity index (χ4v) is 2.90. The first-order valence-corrected chi connectivity index (χ1v) is 9.85. The van der Waals surface area contributed by atoms with Gasteiger partial charge in [0, 0.05) is 29.4 Å². The van der Waals surface area contributed by atoms with Crippen LogP contribution in [0.5, 0.6) is 0 Å². The number of nitrogens with zero attached hydrogens (tertiary/aromatic N) is 2. The Balaban J connectivity index is 1.88. The molecule has 0 aliphatic rings. The van der Waals surface area contributed by atoms with Crippen molar-refractivity contribution in [3.63, 3.8) is 0 Å². The lowest BCUT2D eigenvalue weighted by Crippen LogP contribution is -2.33. The second-order valence-electron chi connectivity index (χ2n) is 7.10. The molecule has 0 unspecified atom stereocenters. The molecule has 0 bridgehead atoms. The molecule has 0 saturated heterocycles. The molecule has 160 valence electrons. The number of anilines is 2. The van der Waals surface area contributed by atoms with Crippen molar-refractivity contribution >= 4 is 23.2 Å². The van der Waals surface area contributed by atoms with Gasteiger partial charge in [-0.05, 0) is 55.8 Å². The van der Waals surface area contributed by atoms with Crippen LogP contribution in [0.25, 0.3) is 11.3 Å². The molecule has 0 aliphatic carbocycles.